The van der Waals surface area contributed by atoms with E-state index in [1.807, 2.05) is 50.8 Å². The van der Waals surface area contributed by atoms with Crippen molar-refractivity contribution in [2.45, 2.75) is 122 Å². The summed E-state index contributed by atoms with van der Waals surface area (Å²) in [5.74, 6) is 1.01. The van der Waals surface area contributed by atoms with Crippen LogP contribution < -0.4 is 15.1 Å². The van der Waals surface area contributed by atoms with Gasteiger partial charge in [-0.1, -0.05) is 46.8 Å². The summed E-state index contributed by atoms with van der Waals surface area (Å²) >= 11 is 0. The van der Waals surface area contributed by atoms with Gasteiger partial charge in [-0.2, -0.15) is 0 Å². The minimum absolute atomic E-state index is 0.114. The Morgan fingerprint density at radius 1 is 0.739 bits per heavy atom. The lowest BCUT2D eigenvalue weighted by molar-refractivity contribution is -0.138. The van der Waals surface area contributed by atoms with Crippen LogP contribution in [0.15, 0.2) is 54.6 Å². The molecule has 0 spiro atoms. The number of piperidine rings is 1. The van der Waals surface area contributed by atoms with Crippen LogP contribution in [0.4, 0.5) is 25.4 Å². The minimum Gasteiger partial charge on any atom is -0.465 e. The number of likely N-dealkylation sites (tertiary alicyclic amines) is 2. The summed E-state index contributed by atoms with van der Waals surface area (Å²) in [5.41, 5.74) is 6.76. The van der Waals surface area contributed by atoms with Gasteiger partial charge in [0.2, 0.25) is 11.8 Å². The number of carboxylic acid groups (broad SMARTS) is 1. The quantitative estimate of drug-likeness (QED) is 0.0941. The number of nitrogens with one attached hydrogen (secondary N) is 3. The molecule has 4 aliphatic heterocycles. The molecule has 6 heterocycles. The van der Waals surface area contributed by atoms with E-state index in [0.717, 1.165) is 102 Å². The third kappa shape index (κ3) is 9.28. The summed E-state index contributed by atoms with van der Waals surface area (Å²) in [4.78, 5) is 78.4. The van der Waals surface area contributed by atoms with Crippen molar-refractivity contribution < 1.29 is 33.4 Å². The number of alkyl carbamates (subject to hydrolysis) is 1. The molecule has 9 rings (SSSR count). The summed E-state index contributed by atoms with van der Waals surface area (Å²) in [7, 11) is 2.74. The first-order valence-corrected chi connectivity index (χ1v) is 24.8. The average molecular weight is 947 g/mol. The Morgan fingerprint density at radius 2 is 1.29 bits per heavy atom. The number of hydrogen-bond donors (Lipinski definition) is 4. The predicted octanol–water partition coefficient (Wildman–Crippen LogP) is 9.24. The number of aromatic nitrogens is 4. The highest BCUT2D eigenvalue weighted by atomic mass is 19.1. The Morgan fingerprint density at radius 3 is 1.78 bits per heavy atom. The average Bonchev–Trinajstić information content (AvgIpc) is 4.19. The first-order valence-electron chi connectivity index (χ1n) is 24.8. The number of ether oxygens (including phenoxy) is 1. The molecule has 4 fully saturated rings. The Kier molecular flexibility index (Phi) is 13.5. The zero-order chi connectivity index (χ0) is 48.8. The lowest BCUT2D eigenvalue weighted by atomic mass is 9.98. The van der Waals surface area contributed by atoms with Crippen molar-refractivity contribution in [3.8, 4) is 0 Å². The number of halogens is 1. The van der Waals surface area contributed by atoms with Gasteiger partial charge in [0, 0.05) is 38.9 Å². The molecule has 4 N–H and O–H groups in total. The third-order valence-corrected chi connectivity index (χ3v) is 15.3. The van der Waals surface area contributed by atoms with Crippen molar-refractivity contribution >= 4 is 57.4 Å². The fourth-order valence-electron chi connectivity index (χ4n) is 11.5. The summed E-state index contributed by atoms with van der Waals surface area (Å²) in [6.45, 7) is 12.5. The van der Waals surface area contributed by atoms with Crippen LogP contribution in [-0.2, 0) is 14.3 Å². The molecule has 69 heavy (non-hydrogen) atoms. The van der Waals surface area contributed by atoms with Gasteiger partial charge in [-0.3, -0.25) is 14.5 Å². The normalized spacial score (nSPS) is 22.1. The Labute approximate surface area is 402 Å². The number of imidazole rings is 2. The van der Waals surface area contributed by atoms with Crippen LogP contribution >= 0.6 is 0 Å². The van der Waals surface area contributed by atoms with Gasteiger partial charge in [0.05, 0.1) is 59.0 Å². The van der Waals surface area contributed by atoms with Gasteiger partial charge in [0.25, 0.3) is 0 Å². The standard InChI is InChI=1S/C52H67FN10O6/c1-29(2)45(58-51(66)69-7)49(64)61-22-8-10-43(61)47-54-36-15-12-32(26-38(36)56-47)40-18-19-41(63(40)34-14-17-42(35(53)28-34)60-24-20-31(5)21-25-60)33-13-16-37-39(27-33)57-48(55-37)44-11-9-23-62(44)50(65)46(30(3)4)59(6)52(67)68/h12-17,26-31,40-41,43-46H,8-11,18-25H2,1-7H3,(H,54,56)(H,55,57)(H,58,66)(H,67,68)/t40-,41-,43+,44+,45+,46+/m1/s1. The maximum Gasteiger partial charge on any atom is 0.407 e. The molecule has 0 unspecified atom stereocenters. The number of carbonyl (C=O) groups excluding carboxylic acids is 3. The van der Waals surface area contributed by atoms with Gasteiger partial charge in [-0.25, -0.2) is 23.9 Å². The van der Waals surface area contributed by atoms with Crippen molar-refractivity contribution in [1.29, 1.82) is 0 Å². The molecular weight excluding hydrogens is 880 g/mol. The molecule has 4 amide bonds. The lowest BCUT2D eigenvalue weighted by Gasteiger charge is -2.35. The van der Waals surface area contributed by atoms with Crippen LogP contribution in [0.3, 0.4) is 0 Å². The van der Waals surface area contributed by atoms with Crippen LogP contribution in [-0.4, -0.2) is 116 Å². The molecule has 0 aliphatic carbocycles. The monoisotopic (exact) mass is 947 g/mol. The molecule has 2 aromatic heterocycles. The fraction of sp³-hybridized carbons (Fsp3) is 0.538. The fourth-order valence-corrected chi connectivity index (χ4v) is 11.5. The number of H-pyrrole nitrogens is 2. The van der Waals surface area contributed by atoms with E-state index in [1.165, 1.54) is 14.2 Å². The van der Waals surface area contributed by atoms with Crippen LogP contribution in [0.25, 0.3) is 22.1 Å². The van der Waals surface area contributed by atoms with E-state index in [1.54, 1.807) is 11.0 Å². The minimum atomic E-state index is -1.14. The molecule has 368 valence electrons. The SMILES string of the molecule is COC(=O)N[C@H](C(=O)N1CCC[C@H]1c1nc2ccc([C@H]3CC[C@H](c4ccc5nc([C@@H]6CCCN6C(=O)[C@H](C(C)C)N(C)C(=O)O)[nH]c5c4)N3c3ccc(N4CCC(C)CC4)c(F)c3)cc2[nH]1)C(C)C. The topological polar surface area (TPSA) is 183 Å². The molecule has 0 radical (unpaired) electrons. The van der Waals surface area contributed by atoms with Crippen LogP contribution in [0.1, 0.15) is 133 Å². The number of hydrogen-bond acceptors (Lipinski definition) is 9. The van der Waals surface area contributed by atoms with Crippen molar-refractivity contribution in [2.75, 3.05) is 50.1 Å². The number of likely N-dealkylation sites (N-methyl/N-ethyl adjacent to an activating group) is 1. The Balaban J connectivity index is 1.03. The lowest BCUT2D eigenvalue weighted by Crippen LogP contribution is -2.51. The Hall–Kier alpha value is -6.39. The van der Waals surface area contributed by atoms with Gasteiger partial charge in [0.1, 0.15) is 29.5 Å². The smallest absolute Gasteiger partial charge is 0.407 e. The van der Waals surface area contributed by atoms with Gasteiger partial charge in [-0.15, -0.1) is 0 Å². The summed E-state index contributed by atoms with van der Waals surface area (Å²) in [6.07, 6.45) is 4.91. The highest BCUT2D eigenvalue weighted by molar-refractivity contribution is 5.87. The van der Waals surface area contributed by atoms with E-state index >= 15 is 4.39 Å². The number of benzene rings is 3. The number of rotatable bonds is 12. The van der Waals surface area contributed by atoms with Crippen molar-refractivity contribution in [2.24, 2.45) is 17.8 Å². The molecular formula is C52H67FN10O6. The van der Waals surface area contributed by atoms with E-state index in [-0.39, 0.29) is 53.6 Å². The first kappa shape index (κ1) is 47.7. The van der Waals surface area contributed by atoms with Crippen molar-refractivity contribution in [3.05, 3.63) is 83.2 Å². The number of amides is 4. The van der Waals surface area contributed by atoms with E-state index in [9.17, 15) is 24.3 Å². The van der Waals surface area contributed by atoms with E-state index in [2.05, 4.69) is 62.3 Å². The molecule has 6 atom stereocenters. The first-order chi connectivity index (χ1) is 33.1. The number of methoxy groups -OCH3 is 1. The highest BCUT2D eigenvalue weighted by Gasteiger charge is 2.42. The largest absolute Gasteiger partial charge is 0.465 e. The Bertz CT molecular complexity index is 2710. The number of carbonyl (C=O) groups is 4. The van der Waals surface area contributed by atoms with Gasteiger partial charge in [0.15, 0.2) is 0 Å². The maximum absolute atomic E-state index is 16.5. The van der Waals surface area contributed by atoms with E-state index in [4.69, 9.17) is 14.7 Å². The molecule has 5 aromatic rings. The number of fused-ring (bicyclic) bond motifs is 2. The number of aromatic amines is 2. The van der Waals surface area contributed by atoms with Gasteiger partial charge in [-0.05, 0) is 123 Å². The molecule has 3 aromatic carbocycles. The van der Waals surface area contributed by atoms with Crippen LogP contribution in [0.2, 0.25) is 0 Å². The predicted molar refractivity (Wildman–Crippen MR) is 262 cm³/mol. The van der Waals surface area contributed by atoms with Gasteiger partial charge >= 0.3 is 12.2 Å². The second-order valence-corrected chi connectivity index (χ2v) is 20.4. The zero-order valence-corrected chi connectivity index (χ0v) is 40.9. The third-order valence-electron chi connectivity index (χ3n) is 15.3. The summed E-state index contributed by atoms with van der Waals surface area (Å²) in [6, 6.07) is 15.8. The second-order valence-electron chi connectivity index (χ2n) is 20.4. The highest BCUT2D eigenvalue weighted by Crippen LogP contribution is 2.49. The molecule has 4 saturated heterocycles. The van der Waals surface area contributed by atoms with Crippen LogP contribution in [0.5, 0.6) is 0 Å². The number of anilines is 2. The maximum atomic E-state index is 16.5. The zero-order valence-electron chi connectivity index (χ0n) is 40.9. The van der Waals surface area contributed by atoms with Crippen molar-refractivity contribution in [3.63, 3.8) is 0 Å². The van der Waals surface area contributed by atoms with E-state index < -0.39 is 24.3 Å². The molecule has 0 bridgehead atoms. The molecule has 4 aliphatic rings. The van der Waals surface area contributed by atoms with Gasteiger partial charge < -0.3 is 44.7 Å². The molecule has 16 nitrogen and oxygen atoms in total. The van der Waals surface area contributed by atoms with E-state index in [0.29, 0.717) is 42.8 Å². The number of nitrogens with zero attached hydrogens (tertiary/aromatic N) is 7. The summed E-state index contributed by atoms with van der Waals surface area (Å²) in [5, 5.41) is 12.5. The molecule has 17 heteroatoms. The van der Waals surface area contributed by atoms with Crippen LogP contribution in [0, 0.1) is 23.6 Å². The van der Waals surface area contributed by atoms with Crippen molar-refractivity contribution in [1.82, 2.24) is 40.0 Å². The molecule has 0 saturated carbocycles. The second kappa shape index (κ2) is 19.5. The summed E-state index contributed by atoms with van der Waals surface area (Å²) < 4.78 is 21.3.